The number of benzene rings is 1. The van der Waals surface area contributed by atoms with Gasteiger partial charge >= 0.3 is 0 Å². The van der Waals surface area contributed by atoms with E-state index in [2.05, 4.69) is 53.9 Å². The lowest BCUT2D eigenvalue weighted by molar-refractivity contribution is -0.135. The van der Waals surface area contributed by atoms with E-state index in [0.717, 1.165) is 38.9 Å². The summed E-state index contributed by atoms with van der Waals surface area (Å²) in [5.74, 6) is 0.854. The van der Waals surface area contributed by atoms with Crippen LogP contribution in [0.1, 0.15) is 38.7 Å². The second kappa shape index (κ2) is 8.30. The molecule has 2 fully saturated rings. The summed E-state index contributed by atoms with van der Waals surface area (Å²) in [5.41, 5.74) is 7.89. The number of hydrogen-bond acceptors (Lipinski definition) is 4. The van der Waals surface area contributed by atoms with Crippen LogP contribution in [0.15, 0.2) is 30.3 Å². The monoisotopic (exact) mass is 344 g/mol. The van der Waals surface area contributed by atoms with Crippen molar-refractivity contribution in [2.45, 2.75) is 57.8 Å². The molecule has 0 aromatic heterocycles. The van der Waals surface area contributed by atoms with Crippen molar-refractivity contribution < 1.29 is 4.79 Å². The Labute approximate surface area is 151 Å². The molecule has 3 atom stereocenters. The Morgan fingerprint density at radius 2 is 1.88 bits per heavy atom. The minimum atomic E-state index is 0.0416. The van der Waals surface area contributed by atoms with Gasteiger partial charge in [0.05, 0.1) is 6.04 Å². The topological polar surface area (TPSA) is 47.6 Å². The molecular weight excluding hydrogens is 312 g/mol. The lowest BCUT2D eigenvalue weighted by Gasteiger charge is -2.29. The van der Waals surface area contributed by atoms with E-state index >= 15 is 0 Å². The van der Waals surface area contributed by atoms with Gasteiger partial charge in [0.15, 0.2) is 0 Å². The van der Waals surface area contributed by atoms with Gasteiger partial charge in [-0.2, -0.15) is 0 Å². The number of rotatable bonds is 6. The van der Waals surface area contributed by atoms with Crippen LogP contribution in [0.2, 0.25) is 0 Å². The molecule has 1 aromatic carbocycles. The van der Waals surface area contributed by atoms with E-state index in [1.165, 1.54) is 5.56 Å². The molecule has 5 nitrogen and oxygen atoms in total. The number of hydrazine groups is 1. The second-order valence-corrected chi connectivity index (χ2v) is 7.69. The van der Waals surface area contributed by atoms with Gasteiger partial charge in [0.2, 0.25) is 5.91 Å². The highest BCUT2D eigenvalue weighted by Crippen LogP contribution is 2.23. The minimum absolute atomic E-state index is 0.0416. The highest BCUT2D eigenvalue weighted by molar-refractivity contribution is 5.82. The van der Waals surface area contributed by atoms with E-state index in [0.29, 0.717) is 18.0 Å². The summed E-state index contributed by atoms with van der Waals surface area (Å²) < 4.78 is 0. The Morgan fingerprint density at radius 1 is 1.20 bits per heavy atom. The Morgan fingerprint density at radius 3 is 2.56 bits per heavy atom. The molecule has 1 aromatic rings. The standard InChI is InChI=1S/C20H32N4O/c1-15-18(16(2)22-21-15)11-13-23(3)20(25)19-10-7-12-24(19)14-17-8-5-4-6-9-17/h4-6,8-9,15-16,18-19,21-22H,7,10-14H2,1-3H3/t15?,16?,18?,19-/m0/s1. The number of carbonyl (C=O) groups excluding carboxylic acids is 1. The lowest BCUT2D eigenvalue weighted by atomic mass is 9.93. The fraction of sp³-hybridized carbons (Fsp3) is 0.650. The second-order valence-electron chi connectivity index (χ2n) is 7.69. The molecule has 3 rings (SSSR count). The Balaban J connectivity index is 1.53. The summed E-state index contributed by atoms with van der Waals surface area (Å²) >= 11 is 0. The van der Waals surface area contributed by atoms with Crippen LogP contribution in [0.25, 0.3) is 0 Å². The van der Waals surface area contributed by atoms with Crippen LogP contribution in [0.3, 0.4) is 0 Å². The molecule has 0 radical (unpaired) electrons. The molecular formula is C20H32N4O. The van der Waals surface area contributed by atoms with Crippen LogP contribution in [0.5, 0.6) is 0 Å². The third-order valence-corrected chi connectivity index (χ3v) is 5.87. The molecule has 0 spiro atoms. The predicted molar refractivity (Wildman–Crippen MR) is 101 cm³/mol. The molecule has 25 heavy (non-hydrogen) atoms. The first-order valence-electron chi connectivity index (χ1n) is 9.60. The number of nitrogens with one attached hydrogen (secondary N) is 2. The van der Waals surface area contributed by atoms with E-state index in [1.807, 2.05) is 18.0 Å². The number of nitrogens with zero attached hydrogens (tertiary/aromatic N) is 2. The van der Waals surface area contributed by atoms with Gasteiger partial charge in [0.25, 0.3) is 0 Å². The Kier molecular flexibility index (Phi) is 6.10. The number of carbonyl (C=O) groups is 1. The lowest BCUT2D eigenvalue weighted by Crippen LogP contribution is -2.44. The number of hydrogen-bond donors (Lipinski definition) is 2. The van der Waals surface area contributed by atoms with E-state index in [-0.39, 0.29) is 11.9 Å². The quantitative estimate of drug-likeness (QED) is 0.829. The molecule has 2 saturated heterocycles. The van der Waals surface area contributed by atoms with Crippen LogP contribution in [0.4, 0.5) is 0 Å². The fourth-order valence-corrected chi connectivity index (χ4v) is 4.23. The first kappa shape index (κ1) is 18.4. The maximum atomic E-state index is 13.0. The minimum Gasteiger partial charge on any atom is -0.344 e. The summed E-state index contributed by atoms with van der Waals surface area (Å²) in [4.78, 5) is 17.3. The van der Waals surface area contributed by atoms with Crippen LogP contribution in [-0.2, 0) is 11.3 Å². The SMILES string of the molecule is CC1NNC(C)C1CCN(C)C(=O)[C@@H]1CCCN1Cc1ccccc1. The van der Waals surface area contributed by atoms with Crippen molar-refractivity contribution in [2.24, 2.45) is 5.92 Å². The van der Waals surface area contributed by atoms with E-state index in [4.69, 9.17) is 0 Å². The maximum absolute atomic E-state index is 13.0. The zero-order valence-electron chi connectivity index (χ0n) is 15.7. The summed E-state index contributed by atoms with van der Waals surface area (Å²) in [5, 5.41) is 0. The number of likely N-dealkylation sites (tertiary alicyclic amines) is 1. The van der Waals surface area contributed by atoms with Gasteiger partial charge in [-0.1, -0.05) is 30.3 Å². The largest absolute Gasteiger partial charge is 0.344 e. The average molecular weight is 345 g/mol. The van der Waals surface area contributed by atoms with E-state index in [1.54, 1.807) is 0 Å². The summed E-state index contributed by atoms with van der Waals surface area (Å²) in [6, 6.07) is 11.4. The van der Waals surface area contributed by atoms with Crippen molar-refractivity contribution >= 4 is 5.91 Å². The van der Waals surface area contributed by atoms with Gasteiger partial charge in [-0.3, -0.25) is 20.5 Å². The molecule has 0 aliphatic carbocycles. The highest BCUT2D eigenvalue weighted by Gasteiger charge is 2.34. The summed E-state index contributed by atoms with van der Waals surface area (Å²) in [7, 11) is 1.96. The highest BCUT2D eigenvalue weighted by atomic mass is 16.2. The molecule has 2 unspecified atom stereocenters. The molecule has 1 amide bonds. The third kappa shape index (κ3) is 4.40. The van der Waals surface area contributed by atoms with Crippen molar-refractivity contribution in [2.75, 3.05) is 20.1 Å². The number of likely N-dealkylation sites (N-methyl/N-ethyl adjacent to an activating group) is 1. The first-order chi connectivity index (χ1) is 12.1. The summed E-state index contributed by atoms with van der Waals surface area (Å²) in [6.45, 7) is 7.14. The predicted octanol–water partition coefficient (Wildman–Crippen LogP) is 2.00. The van der Waals surface area contributed by atoms with Gasteiger partial charge < -0.3 is 4.90 Å². The zero-order chi connectivity index (χ0) is 17.8. The molecule has 2 heterocycles. The van der Waals surface area contributed by atoms with Crippen molar-refractivity contribution in [1.82, 2.24) is 20.7 Å². The maximum Gasteiger partial charge on any atom is 0.239 e. The number of amides is 1. The van der Waals surface area contributed by atoms with Crippen LogP contribution in [0, 0.1) is 5.92 Å². The van der Waals surface area contributed by atoms with Crippen LogP contribution in [-0.4, -0.2) is 54.0 Å². The van der Waals surface area contributed by atoms with Crippen molar-refractivity contribution in [3.05, 3.63) is 35.9 Å². The smallest absolute Gasteiger partial charge is 0.239 e. The molecule has 2 aliphatic rings. The first-order valence-corrected chi connectivity index (χ1v) is 9.60. The van der Waals surface area contributed by atoms with Crippen LogP contribution >= 0.6 is 0 Å². The molecule has 2 N–H and O–H groups in total. The van der Waals surface area contributed by atoms with Crippen LogP contribution < -0.4 is 10.9 Å². The van der Waals surface area contributed by atoms with Crippen molar-refractivity contribution in [3.8, 4) is 0 Å². The van der Waals surface area contributed by atoms with E-state index < -0.39 is 0 Å². The molecule has 2 aliphatic heterocycles. The third-order valence-electron chi connectivity index (χ3n) is 5.87. The molecule has 0 saturated carbocycles. The van der Waals surface area contributed by atoms with E-state index in [9.17, 15) is 4.79 Å². The van der Waals surface area contributed by atoms with Gasteiger partial charge in [-0.05, 0) is 51.1 Å². The van der Waals surface area contributed by atoms with Gasteiger partial charge in [0, 0.05) is 32.2 Å². The fourth-order valence-electron chi connectivity index (χ4n) is 4.23. The van der Waals surface area contributed by atoms with Crippen molar-refractivity contribution in [3.63, 3.8) is 0 Å². The molecule has 138 valence electrons. The normalized spacial score (nSPS) is 29.9. The van der Waals surface area contributed by atoms with Gasteiger partial charge in [-0.25, -0.2) is 0 Å². The Hall–Kier alpha value is -1.43. The van der Waals surface area contributed by atoms with Crippen molar-refractivity contribution in [1.29, 1.82) is 0 Å². The Bertz CT molecular complexity index is 554. The van der Waals surface area contributed by atoms with Gasteiger partial charge in [0.1, 0.15) is 0 Å². The molecule has 5 heteroatoms. The van der Waals surface area contributed by atoms with Gasteiger partial charge in [-0.15, -0.1) is 0 Å². The summed E-state index contributed by atoms with van der Waals surface area (Å²) in [6.07, 6.45) is 3.13. The zero-order valence-corrected chi connectivity index (χ0v) is 15.7. The average Bonchev–Trinajstić information content (AvgIpc) is 3.20. The molecule has 0 bridgehead atoms.